The molecule has 1 fully saturated rings. The number of carbonyl (C=O) groups excluding carboxylic acids is 1. The Balaban J connectivity index is 1.56. The Morgan fingerprint density at radius 3 is 2.96 bits per heavy atom. The van der Waals surface area contributed by atoms with E-state index in [-0.39, 0.29) is 17.8 Å². The molecule has 3 rings (SSSR count). The maximum atomic E-state index is 13.1. The number of β-amino-alcohol motifs (C(OH)–C–C–N with tert-alkyl or cyclic N) is 1. The van der Waals surface area contributed by atoms with Crippen LogP contribution in [0.5, 0.6) is 0 Å². The van der Waals surface area contributed by atoms with Crippen LogP contribution in [0.2, 0.25) is 5.02 Å². The van der Waals surface area contributed by atoms with E-state index >= 15 is 0 Å². The van der Waals surface area contributed by atoms with Gasteiger partial charge in [0.05, 0.1) is 17.7 Å². The minimum Gasteiger partial charge on any atom is -0.390 e. The molecular weight excluding hydrogens is 345 g/mol. The van der Waals surface area contributed by atoms with Crippen LogP contribution in [0.3, 0.4) is 0 Å². The van der Waals surface area contributed by atoms with E-state index in [2.05, 4.69) is 10.3 Å². The van der Waals surface area contributed by atoms with Crippen LogP contribution in [0.1, 0.15) is 22.3 Å². The first-order chi connectivity index (χ1) is 12.0. The summed E-state index contributed by atoms with van der Waals surface area (Å²) in [5.74, 6) is -0.613. The van der Waals surface area contributed by atoms with Gasteiger partial charge in [0.1, 0.15) is 5.82 Å². The third-order valence-electron chi connectivity index (χ3n) is 4.32. The lowest BCUT2D eigenvalue weighted by Gasteiger charge is -2.36. The number of aromatic nitrogens is 1. The first-order valence-electron chi connectivity index (χ1n) is 8.08. The Morgan fingerprint density at radius 2 is 2.28 bits per heavy atom. The molecule has 7 heteroatoms. The lowest BCUT2D eigenvalue weighted by Crippen LogP contribution is -2.53. The number of aliphatic hydroxyl groups excluding tert-OH is 1. The number of hydrogen-bond donors (Lipinski definition) is 2. The van der Waals surface area contributed by atoms with Crippen LogP contribution in [0.15, 0.2) is 42.7 Å². The normalized spacial score (nSPS) is 21.1. The SMILES string of the molecule is O=C(NC1CCN(Cc2ccc(F)cc2Cl)CC1O)c1cccnc1. The Kier molecular flexibility index (Phi) is 5.63. The first kappa shape index (κ1) is 17.8. The van der Waals surface area contributed by atoms with Gasteiger partial charge < -0.3 is 10.4 Å². The van der Waals surface area contributed by atoms with E-state index in [4.69, 9.17) is 11.6 Å². The van der Waals surface area contributed by atoms with Crippen molar-refractivity contribution in [3.8, 4) is 0 Å². The van der Waals surface area contributed by atoms with E-state index in [0.717, 1.165) is 5.56 Å². The maximum absolute atomic E-state index is 13.1. The van der Waals surface area contributed by atoms with E-state index in [1.807, 2.05) is 4.90 Å². The largest absolute Gasteiger partial charge is 0.390 e. The molecule has 0 aliphatic carbocycles. The van der Waals surface area contributed by atoms with Crippen molar-refractivity contribution >= 4 is 17.5 Å². The van der Waals surface area contributed by atoms with Gasteiger partial charge in [-0.05, 0) is 36.2 Å². The predicted molar refractivity (Wildman–Crippen MR) is 92.8 cm³/mol. The van der Waals surface area contributed by atoms with Crippen LogP contribution in [-0.4, -0.2) is 46.1 Å². The van der Waals surface area contributed by atoms with Gasteiger partial charge in [0, 0.05) is 37.1 Å². The number of halogens is 2. The second-order valence-corrected chi connectivity index (χ2v) is 6.56. The molecule has 5 nitrogen and oxygen atoms in total. The van der Waals surface area contributed by atoms with Gasteiger partial charge in [-0.1, -0.05) is 17.7 Å². The van der Waals surface area contributed by atoms with Gasteiger partial charge in [-0.15, -0.1) is 0 Å². The number of amides is 1. The summed E-state index contributed by atoms with van der Waals surface area (Å²) >= 11 is 6.06. The summed E-state index contributed by atoms with van der Waals surface area (Å²) in [5.41, 5.74) is 1.28. The molecule has 1 aromatic carbocycles. The third-order valence-corrected chi connectivity index (χ3v) is 4.67. The standard InChI is InChI=1S/C18H19ClFN3O2/c19-15-8-14(20)4-3-13(15)10-23-7-5-16(17(24)11-23)22-18(25)12-2-1-6-21-9-12/h1-4,6,8-9,16-17,24H,5,7,10-11H2,(H,22,25). The number of piperidine rings is 1. The van der Waals surface area contributed by atoms with Crippen molar-refractivity contribution in [2.45, 2.75) is 25.1 Å². The highest BCUT2D eigenvalue weighted by atomic mass is 35.5. The molecule has 1 aliphatic heterocycles. The summed E-state index contributed by atoms with van der Waals surface area (Å²) in [6, 6.07) is 7.38. The molecule has 1 amide bonds. The van der Waals surface area contributed by atoms with E-state index < -0.39 is 6.10 Å². The van der Waals surface area contributed by atoms with Crippen LogP contribution in [0.4, 0.5) is 4.39 Å². The Labute approximate surface area is 150 Å². The minimum absolute atomic E-state index is 0.243. The average molecular weight is 364 g/mol. The van der Waals surface area contributed by atoms with Gasteiger partial charge in [0.2, 0.25) is 0 Å². The number of aliphatic hydroxyl groups is 1. The molecule has 132 valence electrons. The summed E-state index contributed by atoms with van der Waals surface area (Å²) < 4.78 is 13.1. The Hall–Kier alpha value is -2.02. The molecule has 2 aromatic rings. The number of pyridine rings is 1. The quantitative estimate of drug-likeness (QED) is 0.874. The van der Waals surface area contributed by atoms with E-state index in [0.29, 0.717) is 36.6 Å². The van der Waals surface area contributed by atoms with Crippen LogP contribution in [0.25, 0.3) is 0 Å². The first-order valence-corrected chi connectivity index (χ1v) is 8.46. The molecule has 0 saturated carbocycles. The van der Waals surface area contributed by atoms with Crippen molar-refractivity contribution in [2.24, 2.45) is 0 Å². The van der Waals surface area contributed by atoms with Gasteiger partial charge in [0.15, 0.2) is 0 Å². The van der Waals surface area contributed by atoms with Gasteiger partial charge in [-0.2, -0.15) is 0 Å². The molecule has 2 heterocycles. The molecule has 2 unspecified atom stereocenters. The monoisotopic (exact) mass is 363 g/mol. The Bertz CT molecular complexity index is 744. The van der Waals surface area contributed by atoms with Gasteiger partial charge in [-0.3, -0.25) is 14.7 Å². The second-order valence-electron chi connectivity index (χ2n) is 6.15. The number of nitrogens with zero attached hydrogens (tertiary/aromatic N) is 2. The number of benzene rings is 1. The Morgan fingerprint density at radius 1 is 1.44 bits per heavy atom. The molecule has 1 aromatic heterocycles. The maximum Gasteiger partial charge on any atom is 0.253 e. The highest BCUT2D eigenvalue weighted by Crippen LogP contribution is 2.21. The second kappa shape index (κ2) is 7.91. The van der Waals surface area contributed by atoms with Crippen LogP contribution < -0.4 is 5.32 Å². The number of nitrogens with one attached hydrogen (secondary N) is 1. The molecular formula is C18H19ClFN3O2. The van der Waals surface area contributed by atoms with Crippen molar-refractivity contribution in [3.05, 3.63) is 64.7 Å². The zero-order valence-corrected chi connectivity index (χ0v) is 14.3. The predicted octanol–water partition coefficient (Wildman–Crippen LogP) is 2.24. The van der Waals surface area contributed by atoms with Crippen LogP contribution >= 0.6 is 11.6 Å². The zero-order valence-electron chi connectivity index (χ0n) is 13.5. The van der Waals surface area contributed by atoms with Crippen molar-refractivity contribution in [3.63, 3.8) is 0 Å². The number of hydrogen-bond acceptors (Lipinski definition) is 4. The lowest BCUT2D eigenvalue weighted by molar-refractivity contribution is 0.0349. The number of likely N-dealkylation sites (tertiary alicyclic amines) is 1. The van der Waals surface area contributed by atoms with E-state index in [1.54, 1.807) is 24.4 Å². The summed E-state index contributed by atoms with van der Waals surface area (Å²) in [5, 5.41) is 13.6. The molecule has 25 heavy (non-hydrogen) atoms. The highest BCUT2D eigenvalue weighted by Gasteiger charge is 2.29. The molecule has 1 aliphatic rings. The molecule has 0 bridgehead atoms. The minimum atomic E-state index is -0.686. The summed E-state index contributed by atoms with van der Waals surface area (Å²) in [6.07, 6.45) is 3.03. The van der Waals surface area contributed by atoms with Crippen LogP contribution in [-0.2, 0) is 6.54 Å². The van der Waals surface area contributed by atoms with Crippen molar-refractivity contribution in [2.75, 3.05) is 13.1 Å². The van der Waals surface area contributed by atoms with Crippen molar-refractivity contribution < 1.29 is 14.3 Å². The molecule has 0 radical (unpaired) electrons. The molecule has 2 N–H and O–H groups in total. The molecule has 0 spiro atoms. The van der Waals surface area contributed by atoms with E-state index in [1.165, 1.54) is 18.3 Å². The smallest absolute Gasteiger partial charge is 0.253 e. The number of carbonyl (C=O) groups is 1. The topological polar surface area (TPSA) is 65.5 Å². The van der Waals surface area contributed by atoms with E-state index in [9.17, 15) is 14.3 Å². The average Bonchev–Trinajstić information content (AvgIpc) is 2.60. The highest BCUT2D eigenvalue weighted by molar-refractivity contribution is 6.31. The van der Waals surface area contributed by atoms with Gasteiger partial charge in [0.25, 0.3) is 5.91 Å². The summed E-state index contributed by atoms with van der Waals surface area (Å²) in [7, 11) is 0. The third kappa shape index (κ3) is 4.54. The molecule has 2 atom stereocenters. The fourth-order valence-corrected chi connectivity index (χ4v) is 3.18. The van der Waals surface area contributed by atoms with Crippen LogP contribution in [0, 0.1) is 5.82 Å². The van der Waals surface area contributed by atoms with Gasteiger partial charge in [-0.25, -0.2) is 4.39 Å². The van der Waals surface area contributed by atoms with Crippen molar-refractivity contribution in [1.82, 2.24) is 15.2 Å². The molecule has 1 saturated heterocycles. The fourth-order valence-electron chi connectivity index (χ4n) is 2.95. The van der Waals surface area contributed by atoms with Crippen molar-refractivity contribution in [1.29, 1.82) is 0 Å². The fraction of sp³-hybridized carbons (Fsp3) is 0.333. The lowest BCUT2D eigenvalue weighted by atomic mass is 10.0. The zero-order chi connectivity index (χ0) is 17.8. The number of rotatable bonds is 4. The summed E-state index contributed by atoms with van der Waals surface area (Å²) in [4.78, 5) is 18.1. The van der Waals surface area contributed by atoms with Gasteiger partial charge >= 0.3 is 0 Å². The summed E-state index contributed by atoms with van der Waals surface area (Å²) in [6.45, 7) is 1.63.